The van der Waals surface area contributed by atoms with Crippen molar-refractivity contribution in [2.75, 3.05) is 13.1 Å². The monoisotopic (exact) mass is 277 g/mol. The molecular formula is C13H15N3O2S. The van der Waals surface area contributed by atoms with E-state index in [1.807, 2.05) is 6.07 Å². The number of nitriles is 1. The Morgan fingerprint density at radius 3 is 2.79 bits per heavy atom. The Morgan fingerprint density at radius 1 is 1.37 bits per heavy atom. The van der Waals surface area contributed by atoms with Crippen molar-refractivity contribution in [3.8, 4) is 6.07 Å². The van der Waals surface area contributed by atoms with E-state index in [0.717, 1.165) is 13.1 Å². The second-order valence-corrected chi connectivity index (χ2v) is 6.95. The van der Waals surface area contributed by atoms with Gasteiger partial charge in [-0.25, -0.2) is 13.1 Å². The lowest BCUT2D eigenvalue weighted by Crippen LogP contribution is -2.33. The standard InChI is InChI=1S/C13H15N3O2S/c14-5-9-2-1-3-10(4-9)8-19(17,18)16-13-11-6-15-7-12(11)13/h1-4,11-13,15-16H,6-8H2. The van der Waals surface area contributed by atoms with Gasteiger partial charge >= 0.3 is 0 Å². The summed E-state index contributed by atoms with van der Waals surface area (Å²) in [5.41, 5.74) is 1.13. The molecule has 1 saturated carbocycles. The van der Waals surface area contributed by atoms with Crippen LogP contribution in [0, 0.1) is 23.2 Å². The molecule has 2 N–H and O–H groups in total. The van der Waals surface area contributed by atoms with Gasteiger partial charge in [-0.05, 0) is 42.6 Å². The van der Waals surface area contributed by atoms with E-state index in [4.69, 9.17) is 5.26 Å². The van der Waals surface area contributed by atoms with Crippen molar-refractivity contribution in [3.63, 3.8) is 0 Å². The third kappa shape index (κ3) is 2.63. The smallest absolute Gasteiger partial charge is 0.216 e. The van der Waals surface area contributed by atoms with Crippen LogP contribution in [0.5, 0.6) is 0 Å². The van der Waals surface area contributed by atoms with Crippen molar-refractivity contribution in [3.05, 3.63) is 35.4 Å². The summed E-state index contributed by atoms with van der Waals surface area (Å²) < 4.78 is 26.9. The van der Waals surface area contributed by atoms with Gasteiger partial charge in [0, 0.05) is 6.04 Å². The van der Waals surface area contributed by atoms with Crippen LogP contribution in [0.25, 0.3) is 0 Å². The first-order chi connectivity index (χ1) is 9.09. The van der Waals surface area contributed by atoms with Crippen molar-refractivity contribution in [1.29, 1.82) is 5.26 Å². The van der Waals surface area contributed by atoms with Crippen molar-refractivity contribution in [1.82, 2.24) is 10.0 Å². The first kappa shape index (κ1) is 12.6. The maximum atomic E-state index is 12.1. The van der Waals surface area contributed by atoms with Crippen LogP contribution in [0.3, 0.4) is 0 Å². The van der Waals surface area contributed by atoms with Crippen molar-refractivity contribution in [2.24, 2.45) is 11.8 Å². The van der Waals surface area contributed by atoms with Gasteiger partial charge in [-0.2, -0.15) is 5.26 Å². The van der Waals surface area contributed by atoms with Gasteiger partial charge in [0.2, 0.25) is 10.0 Å². The predicted molar refractivity (Wildman–Crippen MR) is 70.6 cm³/mol. The lowest BCUT2D eigenvalue weighted by Gasteiger charge is -2.09. The quantitative estimate of drug-likeness (QED) is 0.823. The first-order valence-corrected chi connectivity index (χ1v) is 7.94. The Hall–Kier alpha value is -1.42. The Morgan fingerprint density at radius 2 is 2.11 bits per heavy atom. The van der Waals surface area contributed by atoms with Crippen LogP contribution < -0.4 is 10.0 Å². The Bertz CT molecular complexity index is 626. The van der Waals surface area contributed by atoms with Gasteiger partial charge in [0.05, 0.1) is 17.4 Å². The van der Waals surface area contributed by atoms with Gasteiger partial charge in [0.1, 0.15) is 0 Å². The minimum absolute atomic E-state index is 0.0636. The number of fused-ring (bicyclic) bond motifs is 1. The molecule has 1 aliphatic heterocycles. The molecule has 0 amide bonds. The highest BCUT2D eigenvalue weighted by molar-refractivity contribution is 7.88. The molecule has 0 spiro atoms. The molecule has 1 aromatic carbocycles. The molecule has 0 bridgehead atoms. The number of nitrogens with zero attached hydrogens (tertiary/aromatic N) is 1. The van der Waals surface area contributed by atoms with Gasteiger partial charge in [-0.15, -0.1) is 0 Å². The molecule has 1 saturated heterocycles. The molecule has 3 rings (SSSR count). The molecule has 2 unspecified atom stereocenters. The number of benzene rings is 1. The number of hydrogen-bond acceptors (Lipinski definition) is 4. The fourth-order valence-corrected chi connectivity index (χ4v) is 4.26. The van der Waals surface area contributed by atoms with Gasteiger partial charge in [-0.3, -0.25) is 0 Å². The van der Waals surface area contributed by atoms with Crippen LogP contribution in [-0.2, 0) is 15.8 Å². The molecule has 2 fully saturated rings. The van der Waals surface area contributed by atoms with Crippen LogP contribution in [0.1, 0.15) is 11.1 Å². The normalized spacial score (nSPS) is 28.7. The van der Waals surface area contributed by atoms with Crippen LogP contribution in [-0.4, -0.2) is 27.5 Å². The SMILES string of the molecule is N#Cc1cccc(CS(=O)(=O)NC2C3CNCC32)c1. The third-order valence-corrected chi connectivity index (χ3v) is 5.16. The zero-order valence-corrected chi connectivity index (χ0v) is 11.2. The molecule has 1 aromatic rings. The summed E-state index contributed by atoms with van der Waals surface area (Å²) in [4.78, 5) is 0. The summed E-state index contributed by atoms with van der Waals surface area (Å²) in [5, 5.41) is 12.0. The lowest BCUT2D eigenvalue weighted by atomic mass is 10.2. The number of piperidine rings is 1. The minimum Gasteiger partial charge on any atom is -0.316 e. The van der Waals surface area contributed by atoms with Crippen LogP contribution in [0.4, 0.5) is 0 Å². The summed E-state index contributed by atoms with van der Waals surface area (Å²) in [6, 6.07) is 8.84. The van der Waals surface area contributed by atoms with E-state index < -0.39 is 10.0 Å². The fraction of sp³-hybridized carbons (Fsp3) is 0.462. The largest absolute Gasteiger partial charge is 0.316 e. The summed E-state index contributed by atoms with van der Waals surface area (Å²) in [6.07, 6.45) is 0. The Kier molecular flexibility index (Phi) is 3.05. The number of sulfonamides is 1. The van der Waals surface area contributed by atoms with E-state index in [1.54, 1.807) is 24.3 Å². The Labute approximate surface area is 112 Å². The predicted octanol–water partition coefficient (Wildman–Crippen LogP) is 0.195. The average Bonchev–Trinajstić information content (AvgIpc) is 2.82. The topological polar surface area (TPSA) is 82.0 Å². The van der Waals surface area contributed by atoms with Gasteiger partial charge in [0.25, 0.3) is 0 Å². The van der Waals surface area contributed by atoms with E-state index in [0.29, 0.717) is 23.0 Å². The van der Waals surface area contributed by atoms with E-state index in [9.17, 15) is 8.42 Å². The molecule has 1 heterocycles. The summed E-state index contributed by atoms with van der Waals surface area (Å²) in [5.74, 6) is 0.853. The van der Waals surface area contributed by atoms with Crippen LogP contribution >= 0.6 is 0 Å². The Balaban J connectivity index is 1.66. The number of hydrogen-bond donors (Lipinski definition) is 2. The lowest BCUT2D eigenvalue weighted by molar-refractivity contribution is 0.564. The highest BCUT2D eigenvalue weighted by Crippen LogP contribution is 2.42. The second kappa shape index (κ2) is 4.60. The van der Waals surface area contributed by atoms with Gasteiger partial charge in [0.15, 0.2) is 0 Å². The highest BCUT2D eigenvalue weighted by Gasteiger charge is 2.54. The molecule has 100 valence electrons. The average molecular weight is 277 g/mol. The van der Waals surface area contributed by atoms with Crippen LogP contribution in [0.2, 0.25) is 0 Å². The van der Waals surface area contributed by atoms with Crippen LogP contribution in [0.15, 0.2) is 24.3 Å². The van der Waals surface area contributed by atoms with E-state index in [-0.39, 0.29) is 11.8 Å². The van der Waals surface area contributed by atoms with E-state index in [2.05, 4.69) is 10.0 Å². The molecule has 5 nitrogen and oxygen atoms in total. The zero-order valence-electron chi connectivity index (χ0n) is 10.3. The van der Waals surface area contributed by atoms with Gasteiger partial charge in [-0.1, -0.05) is 12.1 Å². The second-order valence-electron chi connectivity index (χ2n) is 5.20. The van der Waals surface area contributed by atoms with Gasteiger partial charge < -0.3 is 5.32 Å². The molecule has 1 aliphatic carbocycles. The first-order valence-electron chi connectivity index (χ1n) is 6.29. The summed E-state index contributed by atoms with van der Waals surface area (Å²) in [7, 11) is -3.33. The maximum absolute atomic E-state index is 12.1. The molecular weight excluding hydrogens is 262 g/mol. The maximum Gasteiger partial charge on any atom is 0.216 e. The molecule has 2 atom stereocenters. The highest BCUT2D eigenvalue weighted by atomic mass is 32.2. The summed E-state index contributed by atoms with van der Waals surface area (Å²) >= 11 is 0. The fourth-order valence-electron chi connectivity index (χ4n) is 2.79. The molecule has 0 aromatic heterocycles. The van der Waals surface area contributed by atoms with Crippen molar-refractivity contribution in [2.45, 2.75) is 11.8 Å². The number of rotatable bonds is 4. The summed E-state index contributed by atoms with van der Waals surface area (Å²) in [6.45, 7) is 1.81. The van der Waals surface area contributed by atoms with Crippen molar-refractivity contribution < 1.29 is 8.42 Å². The molecule has 2 aliphatic rings. The third-order valence-electron chi connectivity index (χ3n) is 3.82. The minimum atomic E-state index is -3.33. The van der Waals surface area contributed by atoms with E-state index in [1.165, 1.54) is 0 Å². The molecule has 19 heavy (non-hydrogen) atoms. The molecule has 0 radical (unpaired) electrons. The zero-order chi connectivity index (χ0) is 13.5. The molecule has 6 heteroatoms. The number of nitrogens with one attached hydrogen (secondary N) is 2. The van der Waals surface area contributed by atoms with Crippen molar-refractivity contribution >= 4 is 10.0 Å². The van der Waals surface area contributed by atoms with E-state index >= 15 is 0 Å².